The molecule has 0 aliphatic rings. The molecular formula is C59H93N11O32. The van der Waals surface area contributed by atoms with E-state index in [0.29, 0.717) is 6.42 Å². The van der Waals surface area contributed by atoms with E-state index in [4.69, 9.17) is 44.1 Å². The lowest BCUT2D eigenvalue weighted by molar-refractivity contribution is -0.144. The summed E-state index contributed by atoms with van der Waals surface area (Å²) in [6, 6.07) is -11.1. The SMILES string of the molecule is CC(C)(C)OC(=O)NCC(=O)NC(CCCCNC(=O)CCC(=O)NCCOCCOCC(=O)NC(CCC(=O)NC(CCC(=O)O)C(=O)O)C(=O)NC(CCC(=O)O)C(=O)O)C(=O)NCCOCCOCC(=O)NC(CCC(=O)NC(CCC(=O)O)C(=O)O)C(=O)NC(CCC(=O)O)C(=O)O. The quantitative estimate of drug-likeness (QED) is 0.0253. The van der Waals surface area contributed by atoms with Gasteiger partial charge >= 0.3 is 53.8 Å². The largest absolute Gasteiger partial charge is 0.481 e. The van der Waals surface area contributed by atoms with E-state index in [1.165, 1.54) is 0 Å². The lowest BCUT2D eigenvalue weighted by Gasteiger charge is -2.22. The Morgan fingerprint density at radius 3 is 0.990 bits per heavy atom. The molecule has 0 bridgehead atoms. The molecule has 43 heteroatoms. The van der Waals surface area contributed by atoms with Crippen LogP contribution in [0, 0.1) is 0 Å². The fourth-order valence-corrected chi connectivity index (χ4v) is 8.23. The molecule has 576 valence electrons. The van der Waals surface area contributed by atoms with Crippen molar-refractivity contribution >= 4 is 113 Å². The second-order valence-electron chi connectivity index (χ2n) is 23.1. The number of unbranched alkanes of at least 4 members (excludes halogenated alkanes) is 1. The van der Waals surface area contributed by atoms with Crippen LogP contribution in [0.15, 0.2) is 0 Å². The first-order valence-corrected chi connectivity index (χ1v) is 31.8. The zero-order chi connectivity index (χ0) is 77.3. The van der Waals surface area contributed by atoms with Gasteiger partial charge in [-0.25, -0.2) is 24.0 Å². The number of aliphatic carboxylic acids is 8. The molecule has 0 spiro atoms. The topological polar surface area (TPSA) is 665 Å². The molecule has 102 heavy (non-hydrogen) atoms. The Bertz CT molecular complexity index is 2850. The molecule has 43 nitrogen and oxygen atoms in total. The molecule has 0 heterocycles. The molecule has 7 unspecified atom stereocenters. The van der Waals surface area contributed by atoms with Gasteiger partial charge in [-0.05, 0) is 78.6 Å². The summed E-state index contributed by atoms with van der Waals surface area (Å²) >= 11 is 0. The highest BCUT2D eigenvalue weighted by atomic mass is 16.6. The number of carboxylic acids is 8. The highest BCUT2D eigenvalue weighted by molar-refractivity contribution is 5.94. The molecule has 0 aromatic rings. The predicted octanol–water partition coefficient (Wildman–Crippen LogP) is -5.37. The van der Waals surface area contributed by atoms with Crippen LogP contribution >= 0.6 is 0 Å². The Morgan fingerprint density at radius 1 is 0.294 bits per heavy atom. The van der Waals surface area contributed by atoms with Crippen LogP contribution in [0.5, 0.6) is 0 Å². The minimum atomic E-state index is -1.73. The molecule has 11 amide bonds. The molecule has 19 N–H and O–H groups in total. The van der Waals surface area contributed by atoms with E-state index in [1.54, 1.807) is 20.8 Å². The maximum atomic E-state index is 13.3. The minimum Gasteiger partial charge on any atom is -0.481 e. The molecule has 0 aromatic carbocycles. The number of carboxylic acid groups (broad SMARTS) is 8. The summed E-state index contributed by atoms with van der Waals surface area (Å²) in [5.74, 6) is -20.3. The van der Waals surface area contributed by atoms with Crippen LogP contribution in [0.2, 0.25) is 0 Å². The smallest absolute Gasteiger partial charge is 0.408 e. The summed E-state index contributed by atoms with van der Waals surface area (Å²) in [6.07, 6.45) is -7.69. The van der Waals surface area contributed by atoms with Crippen molar-refractivity contribution in [3.63, 3.8) is 0 Å². The predicted molar refractivity (Wildman–Crippen MR) is 340 cm³/mol. The van der Waals surface area contributed by atoms with Crippen LogP contribution in [0.25, 0.3) is 0 Å². The first-order chi connectivity index (χ1) is 47.9. The normalized spacial score (nSPS) is 13.0. The van der Waals surface area contributed by atoms with Crippen LogP contribution in [0.1, 0.15) is 130 Å². The third-order valence-electron chi connectivity index (χ3n) is 13.3. The van der Waals surface area contributed by atoms with E-state index in [0.717, 1.165) is 0 Å². The van der Waals surface area contributed by atoms with Gasteiger partial charge < -0.3 is 123 Å². The number of hydrogen-bond acceptors (Lipinski definition) is 24. The first kappa shape index (κ1) is 91.6. The monoisotopic (exact) mass is 1470 g/mol. The Labute approximate surface area is 582 Å². The molecule has 0 saturated carbocycles. The van der Waals surface area contributed by atoms with Gasteiger partial charge in [-0.2, -0.15) is 0 Å². The van der Waals surface area contributed by atoms with Crippen molar-refractivity contribution in [3.8, 4) is 0 Å². The summed E-state index contributed by atoms with van der Waals surface area (Å²) in [5, 5.41) is 98.8. The van der Waals surface area contributed by atoms with E-state index in [1.807, 2.05) is 0 Å². The number of alkyl carbamates (subject to hydrolysis) is 1. The van der Waals surface area contributed by atoms with E-state index >= 15 is 0 Å². The van der Waals surface area contributed by atoms with Crippen LogP contribution in [-0.4, -0.2) is 281 Å². The second kappa shape index (κ2) is 51.7. The van der Waals surface area contributed by atoms with Gasteiger partial charge in [0.15, 0.2) is 0 Å². The summed E-state index contributed by atoms with van der Waals surface area (Å²) in [5.41, 5.74) is -0.886. The lowest BCUT2D eigenvalue weighted by atomic mass is 10.1. The minimum absolute atomic E-state index is 0.0112. The zero-order valence-electron chi connectivity index (χ0n) is 56.4. The van der Waals surface area contributed by atoms with Crippen molar-refractivity contribution in [1.82, 2.24) is 58.5 Å². The summed E-state index contributed by atoms with van der Waals surface area (Å²) < 4.78 is 26.4. The Kier molecular flexibility index (Phi) is 46.4. The third kappa shape index (κ3) is 48.3. The number of ether oxygens (including phenoxy) is 5. The standard InChI is InChI=1S/C59H93N11O32/c1-59(2,3)102-58(97)63-30-44(75)64-33(51(86)62-23-25-99-27-29-101-32-46(77)66-35(53(88)70-39(57(95)96)12-20-50(84)85)8-14-43(74)68-37(55(91)92)10-18-48(80)81)6-4-5-21-60-40(71)15-16-41(72)61-22-24-98-26-28-100-31-45(76)65-34(52(87)69-38(56(93)94)11-19-49(82)83)7-13-42(73)67-36(54(89)90)9-17-47(78)79/h33-39H,4-32H2,1-3H3,(H,60,71)(H,61,72)(H,62,86)(H,63,97)(H,64,75)(H,65,76)(H,66,77)(H,67,73)(H,68,74)(H,69,87)(H,70,88)(H,78,79)(H,80,81)(H,82,83)(H,84,85)(H,89,90)(H,91,92)(H,93,94)(H,95,96). The molecule has 0 aliphatic carbocycles. The third-order valence-corrected chi connectivity index (χ3v) is 13.3. The maximum absolute atomic E-state index is 13.3. The van der Waals surface area contributed by atoms with E-state index in [-0.39, 0.29) is 85.0 Å². The van der Waals surface area contributed by atoms with Crippen molar-refractivity contribution < 1.29 is 156 Å². The van der Waals surface area contributed by atoms with Crippen molar-refractivity contribution in [2.24, 2.45) is 0 Å². The van der Waals surface area contributed by atoms with Gasteiger partial charge in [0.1, 0.15) is 67.7 Å². The molecule has 0 aliphatic heterocycles. The van der Waals surface area contributed by atoms with Gasteiger partial charge in [0.25, 0.3) is 0 Å². The highest BCUT2D eigenvalue weighted by Crippen LogP contribution is 2.10. The summed E-state index contributed by atoms with van der Waals surface area (Å²) in [7, 11) is 0. The molecular weight excluding hydrogens is 1370 g/mol. The van der Waals surface area contributed by atoms with Gasteiger partial charge in [0, 0.05) is 71.0 Å². The second-order valence-corrected chi connectivity index (χ2v) is 23.1. The van der Waals surface area contributed by atoms with Crippen molar-refractivity contribution in [1.29, 1.82) is 0 Å². The van der Waals surface area contributed by atoms with Gasteiger partial charge in [-0.3, -0.25) is 67.1 Å². The summed E-state index contributed by atoms with van der Waals surface area (Å²) in [4.78, 5) is 231. The van der Waals surface area contributed by atoms with Gasteiger partial charge in [-0.1, -0.05) is 0 Å². The van der Waals surface area contributed by atoms with Gasteiger partial charge in [0.05, 0.1) is 39.6 Å². The van der Waals surface area contributed by atoms with Crippen molar-refractivity contribution in [2.45, 2.75) is 178 Å². The number of nitrogens with one attached hydrogen (secondary N) is 11. The number of carbonyl (C=O) groups is 19. The molecule has 0 radical (unpaired) electrons. The Hall–Kier alpha value is -10.4. The van der Waals surface area contributed by atoms with Crippen LogP contribution in [0.4, 0.5) is 4.79 Å². The van der Waals surface area contributed by atoms with E-state index < -0.39 is 258 Å². The van der Waals surface area contributed by atoms with E-state index in [9.17, 15) is 112 Å². The zero-order valence-corrected chi connectivity index (χ0v) is 56.4. The molecule has 0 fully saturated rings. The molecule has 0 saturated heterocycles. The fraction of sp³-hybridized carbons (Fsp3) is 0.678. The maximum Gasteiger partial charge on any atom is 0.408 e. The molecule has 7 atom stereocenters. The Balaban J connectivity index is 5.21. The average Bonchev–Trinajstić information content (AvgIpc) is 0.943. The number of rotatable bonds is 58. The number of carbonyl (C=O) groups excluding carboxylic acids is 11. The van der Waals surface area contributed by atoms with Gasteiger partial charge in [-0.15, -0.1) is 0 Å². The van der Waals surface area contributed by atoms with Crippen molar-refractivity contribution in [3.05, 3.63) is 0 Å². The van der Waals surface area contributed by atoms with Crippen LogP contribution in [-0.2, 0) is 110 Å². The summed E-state index contributed by atoms with van der Waals surface area (Å²) in [6.45, 7) is 1.86. The number of amides is 11. The average molecular weight is 1470 g/mol. The number of hydrogen-bond donors (Lipinski definition) is 19. The fourth-order valence-electron chi connectivity index (χ4n) is 8.23. The Morgan fingerprint density at radius 2 is 0.618 bits per heavy atom. The first-order valence-electron chi connectivity index (χ1n) is 31.8. The van der Waals surface area contributed by atoms with E-state index in [2.05, 4.69) is 58.5 Å². The van der Waals surface area contributed by atoms with Crippen LogP contribution < -0.4 is 58.5 Å². The van der Waals surface area contributed by atoms with Gasteiger partial charge in [0.2, 0.25) is 59.1 Å². The van der Waals surface area contributed by atoms with Crippen LogP contribution in [0.3, 0.4) is 0 Å². The van der Waals surface area contributed by atoms with Crippen molar-refractivity contribution in [2.75, 3.05) is 79.0 Å². The highest BCUT2D eigenvalue weighted by Gasteiger charge is 2.32. The lowest BCUT2D eigenvalue weighted by Crippen LogP contribution is -2.52. The molecule has 0 rings (SSSR count). The molecule has 0 aromatic heterocycles.